The summed E-state index contributed by atoms with van der Waals surface area (Å²) in [7, 11) is 1.39. The number of benzene rings is 1. The number of carbonyl (C=O) groups is 1. The van der Waals surface area contributed by atoms with Crippen molar-refractivity contribution in [2.24, 2.45) is 0 Å². The average Bonchev–Trinajstić information content (AvgIpc) is 2.26. The molecule has 2 nitrogen and oxygen atoms in total. The maximum Gasteiger partial charge on any atom is 0.143 e. The van der Waals surface area contributed by atoms with Gasteiger partial charge >= 0.3 is 0 Å². The van der Waals surface area contributed by atoms with Gasteiger partial charge in [-0.25, -0.2) is 8.78 Å². The Morgan fingerprint density at radius 3 is 2.62 bits per heavy atom. The summed E-state index contributed by atoms with van der Waals surface area (Å²) in [6, 6.07) is 3.91. The Morgan fingerprint density at radius 1 is 1.50 bits per heavy atom. The molecule has 0 spiro atoms. The first-order chi connectivity index (χ1) is 7.60. The lowest BCUT2D eigenvalue weighted by Crippen LogP contribution is -1.93. The summed E-state index contributed by atoms with van der Waals surface area (Å²) in [5.74, 6) is -1.22. The second kappa shape index (κ2) is 5.21. The Labute approximate surface area is 91.8 Å². The molecule has 1 aromatic rings. The molecule has 0 aliphatic heterocycles. The Bertz CT molecular complexity index is 450. The van der Waals surface area contributed by atoms with E-state index in [0.29, 0.717) is 12.0 Å². The van der Waals surface area contributed by atoms with E-state index in [0.717, 1.165) is 12.1 Å². The van der Waals surface area contributed by atoms with Gasteiger partial charge in [-0.2, -0.15) is 0 Å². The predicted molar refractivity (Wildman–Crippen MR) is 57.2 cm³/mol. The van der Waals surface area contributed by atoms with E-state index in [1.54, 1.807) is 0 Å². The van der Waals surface area contributed by atoms with Gasteiger partial charge in [0.25, 0.3) is 0 Å². The van der Waals surface area contributed by atoms with Crippen LogP contribution in [0, 0.1) is 5.82 Å². The van der Waals surface area contributed by atoms with Gasteiger partial charge < -0.3 is 4.74 Å². The van der Waals surface area contributed by atoms with Crippen LogP contribution in [0.2, 0.25) is 0 Å². The number of carbonyl (C=O) groups excluding carboxylic acids is 1. The third-order valence-corrected chi connectivity index (χ3v) is 1.99. The molecule has 0 radical (unpaired) electrons. The van der Waals surface area contributed by atoms with Crippen molar-refractivity contribution in [1.29, 1.82) is 0 Å². The topological polar surface area (TPSA) is 26.3 Å². The monoisotopic (exact) mass is 224 g/mol. The van der Waals surface area contributed by atoms with Crippen molar-refractivity contribution >= 4 is 11.9 Å². The minimum atomic E-state index is -0.865. The van der Waals surface area contributed by atoms with Gasteiger partial charge in [0.2, 0.25) is 0 Å². The maximum atomic E-state index is 13.5. The van der Waals surface area contributed by atoms with Gasteiger partial charge in [-0.05, 0) is 18.2 Å². The predicted octanol–water partition coefficient (Wildman–Crippen LogP) is 2.90. The van der Waals surface area contributed by atoms with Crippen LogP contribution in [-0.2, 0) is 4.79 Å². The number of allylic oxidation sites excluding steroid dienone is 3. The smallest absolute Gasteiger partial charge is 0.143 e. The lowest BCUT2D eigenvalue weighted by atomic mass is 10.0. The molecule has 0 aliphatic carbocycles. The third-order valence-electron chi connectivity index (χ3n) is 1.99. The van der Waals surface area contributed by atoms with Crippen molar-refractivity contribution in [3.05, 3.63) is 48.1 Å². The number of halogens is 2. The molecule has 0 saturated heterocycles. The number of hydrogen-bond acceptors (Lipinski definition) is 2. The minimum Gasteiger partial charge on any atom is -0.497 e. The summed E-state index contributed by atoms with van der Waals surface area (Å²) >= 11 is 0. The van der Waals surface area contributed by atoms with E-state index in [4.69, 9.17) is 4.74 Å². The number of ether oxygens (including phenoxy) is 1. The van der Waals surface area contributed by atoms with Crippen LogP contribution in [0.3, 0.4) is 0 Å². The van der Waals surface area contributed by atoms with Crippen molar-refractivity contribution in [3.8, 4) is 5.75 Å². The minimum absolute atomic E-state index is 0.0274. The van der Waals surface area contributed by atoms with Crippen LogP contribution < -0.4 is 4.74 Å². The van der Waals surface area contributed by atoms with Crippen molar-refractivity contribution in [1.82, 2.24) is 0 Å². The van der Waals surface area contributed by atoms with Crippen LogP contribution in [-0.4, -0.2) is 13.4 Å². The molecule has 0 aliphatic rings. The van der Waals surface area contributed by atoms with Crippen molar-refractivity contribution in [2.75, 3.05) is 7.11 Å². The fourth-order valence-corrected chi connectivity index (χ4v) is 1.24. The van der Waals surface area contributed by atoms with E-state index < -0.39 is 11.6 Å². The van der Waals surface area contributed by atoms with Gasteiger partial charge in [-0.1, -0.05) is 6.58 Å². The zero-order valence-electron chi connectivity index (χ0n) is 8.67. The molecule has 0 bridgehead atoms. The highest BCUT2D eigenvalue weighted by Crippen LogP contribution is 2.27. The molecular weight excluding hydrogens is 214 g/mol. The van der Waals surface area contributed by atoms with E-state index in [1.165, 1.54) is 19.2 Å². The van der Waals surface area contributed by atoms with Crippen molar-refractivity contribution < 1.29 is 18.3 Å². The molecule has 4 heteroatoms. The molecule has 0 heterocycles. The quantitative estimate of drug-likeness (QED) is 0.446. The van der Waals surface area contributed by atoms with Crippen LogP contribution in [0.4, 0.5) is 8.78 Å². The Balaban J connectivity index is 3.26. The Hall–Kier alpha value is -1.97. The molecule has 0 saturated carbocycles. The third kappa shape index (κ3) is 2.53. The highest BCUT2D eigenvalue weighted by molar-refractivity contribution is 5.87. The highest BCUT2D eigenvalue weighted by Gasteiger charge is 2.11. The number of methoxy groups -OCH3 is 1. The summed E-state index contributed by atoms with van der Waals surface area (Å²) in [6.07, 6.45) is 1.30. The zero-order valence-corrected chi connectivity index (χ0v) is 8.67. The molecule has 0 N–H and O–H groups in total. The molecule has 1 rings (SSSR count). The van der Waals surface area contributed by atoms with Crippen LogP contribution in [0.1, 0.15) is 5.56 Å². The molecule has 0 unspecified atom stereocenters. The summed E-state index contributed by atoms with van der Waals surface area (Å²) in [5.41, 5.74) is -0.199. The largest absolute Gasteiger partial charge is 0.497 e. The molecule has 1 aromatic carbocycles. The van der Waals surface area contributed by atoms with E-state index in [2.05, 4.69) is 6.58 Å². The SMILES string of the molecule is C=C(F)/C(=C\C=O)c1ccc(OC)cc1F. The van der Waals surface area contributed by atoms with Gasteiger partial charge in [0, 0.05) is 17.2 Å². The first kappa shape index (κ1) is 12.1. The highest BCUT2D eigenvalue weighted by atomic mass is 19.1. The van der Waals surface area contributed by atoms with E-state index in [1.807, 2.05) is 0 Å². The number of rotatable bonds is 4. The van der Waals surface area contributed by atoms with Gasteiger partial charge in [-0.3, -0.25) is 4.79 Å². The molecule has 16 heavy (non-hydrogen) atoms. The average molecular weight is 224 g/mol. The van der Waals surface area contributed by atoms with Gasteiger partial charge in [-0.15, -0.1) is 0 Å². The molecule has 84 valence electrons. The standard InChI is InChI=1S/C12H10F2O2/c1-8(13)10(5-6-15)11-4-3-9(16-2)7-12(11)14/h3-7H,1H2,2H3/b10-5+. The number of aldehydes is 1. The second-order valence-corrected chi connectivity index (χ2v) is 2.97. The molecule has 0 aromatic heterocycles. The van der Waals surface area contributed by atoms with Crippen molar-refractivity contribution in [3.63, 3.8) is 0 Å². The van der Waals surface area contributed by atoms with Gasteiger partial charge in [0.1, 0.15) is 23.7 Å². The van der Waals surface area contributed by atoms with Crippen LogP contribution >= 0.6 is 0 Å². The van der Waals surface area contributed by atoms with Crippen molar-refractivity contribution in [2.45, 2.75) is 0 Å². The lowest BCUT2D eigenvalue weighted by molar-refractivity contribution is -0.104. The maximum absolute atomic E-state index is 13.5. The van der Waals surface area contributed by atoms with Gasteiger partial charge in [0.15, 0.2) is 0 Å². The first-order valence-electron chi connectivity index (χ1n) is 4.44. The molecule has 0 fully saturated rings. The summed E-state index contributed by atoms with van der Waals surface area (Å²) in [5, 5.41) is 0. The summed E-state index contributed by atoms with van der Waals surface area (Å²) in [6.45, 7) is 3.04. The molecular formula is C12H10F2O2. The summed E-state index contributed by atoms with van der Waals surface area (Å²) in [4.78, 5) is 10.3. The normalized spacial score (nSPS) is 11.1. The van der Waals surface area contributed by atoms with E-state index in [-0.39, 0.29) is 11.1 Å². The second-order valence-electron chi connectivity index (χ2n) is 2.97. The van der Waals surface area contributed by atoms with E-state index >= 15 is 0 Å². The van der Waals surface area contributed by atoms with Crippen LogP contribution in [0.15, 0.2) is 36.7 Å². The zero-order chi connectivity index (χ0) is 12.1. The first-order valence-corrected chi connectivity index (χ1v) is 4.44. The van der Waals surface area contributed by atoms with Crippen LogP contribution in [0.25, 0.3) is 5.57 Å². The fraction of sp³-hybridized carbons (Fsp3) is 0.0833. The lowest BCUT2D eigenvalue weighted by Gasteiger charge is -2.07. The Kier molecular flexibility index (Phi) is 3.94. The molecule has 0 amide bonds. The van der Waals surface area contributed by atoms with Crippen LogP contribution in [0.5, 0.6) is 5.75 Å². The molecule has 0 atom stereocenters. The van der Waals surface area contributed by atoms with E-state index in [9.17, 15) is 13.6 Å². The summed E-state index contributed by atoms with van der Waals surface area (Å²) < 4.78 is 31.3. The van der Waals surface area contributed by atoms with Gasteiger partial charge in [0.05, 0.1) is 7.11 Å². The number of hydrogen-bond donors (Lipinski definition) is 0. The Morgan fingerprint density at radius 2 is 2.19 bits per heavy atom. The fourth-order valence-electron chi connectivity index (χ4n) is 1.24.